The van der Waals surface area contributed by atoms with Crippen LogP contribution in [-0.2, 0) is 33.2 Å². The van der Waals surface area contributed by atoms with Crippen molar-refractivity contribution in [1.82, 2.24) is 5.32 Å². The zero-order valence-corrected chi connectivity index (χ0v) is 52.1. The van der Waals surface area contributed by atoms with E-state index in [0.717, 1.165) is 57.8 Å². The molecule has 3 aliphatic heterocycles. The minimum atomic E-state index is -1.98. The van der Waals surface area contributed by atoms with Gasteiger partial charge < -0.3 is 89.9 Å². The van der Waals surface area contributed by atoms with E-state index in [1.807, 2.05) is 6.08 Å². The lowest BCUT2D eigenvalue weighted by Gasteiger charge is -2.48. The number of nitrogens with one attached hydrogen (secondary N) is 1. The van der Waals surface area contributed by atoms with Gasteiger partial charge in [0.25, 0.3) is 0 Å². The minimum absolute atomic E-state index is 0.243. The summed E-state index contributed by atoms with van der Waals surface area (Å²) in [7, 11) is 0. The molecule has 17 atom stereocenters. The van der Waals surface area contributed by atoms with Crippen molar-refractivity contribution < 1.29 is 89.4 Å². The van der Waals surface area contributed by atoms with Crippen LogP contribution < -0.4 is 5.32 Å². The molecule has 3 rings (SSSR count). The Kier molecular flexibility index (Phi) is 44.0. The van der Waals surface area contributed by atoms with Crippen molar-refractivity contribution in [2.75, 3.05) is 26.4 Å². The smallest absolute Gasteiger partial charge is 0.220 e. The molecule has 0 bridgehead atoms. The number of hydrogen-bond acceptors (Lipinski definition) is 18. The van der Waals surface area contributed by atoms with Gasteiger partial charge in [-0.1, -0.05) is 217 Å². The first kappa shape index (κ1) is 77.0. The molecule has 19 heteroatoms. The number of aliphatic hydroxyl groups excluding tert-OH is 11. The number of amides is 1. The van der Waals surface area contributed by atoms with E-state index in [2.05, 4.69) is 55.6 Å². The van der Waals surface area contributed by atoms with E-state index in [9.17, 15) is 61.0 Å². The van der Waals surface area contributed by atoms with Crippen LogP contribution in [0.3, 0.4) is 0 Å². The first-order chi connectivity index (χ1) is 41.3. The van der Waals surface area contributed by atoms with Gasteiger partial charge in [0.15, 0.2) is 18.9 Å². The largest absolute Gasteiger partial charge is 0.394 e. The third kappa shape index (κ3) is 31.4. The summed E-state index contributed by atoms with van der Waals surface area (Å²) in [6, 6.07) is -0.971. The monoisotopic (exact) mass is 1210 g/mol. The lowest BCUT2D eigenvalue weighted by molar-refractivity contribution is -0.379. The van der Waals surface area contributed by atoms with Crippen LogP contribution >= 0.6 is 0 Å². The summed E-state index contributed by atoms with van der Waals surface area (Å²) < 4.78 is 34.2. The topological polar surface area (TPSA) is 307 Å². The van der Waals surface area contributed by atoms with E-state index in [1.54, 1.807) is 6.08 Å². The second-order valence-corrected chi connectivity index (χ2v) is 23.9. The lowest BCUT2D eigenvalue weighted by Crippen LogP contribution is -2.66. The Hall–Kier alpha value is -2.25. The van der Waals surface area contributed by atoms with Crippen LogP contribution in [0.1, 0.15) is 232 Å². The lowest BCUT2D eigenvalue weighted by atomic mass is 9.96. The zero-order chi connectivity index (χ0) is 61.9. The molecule has 1 amide bonds. The van der Waals surface area contributed by atoms with Gasteiger partial charge in [-0.25, -0.2) is 0 Å². The van der Waals surface area contributed by atoms with Crippen LogP contribution in [0.25, 0.3) is 0 Å². The number of carbonyl (C=O) groups is 1. The van der Waals surface area contributed by atoms with Crippen molar-refractivity contribution >= 4 is 5.91 Å². The third-order valence-corrected chi connectivity index (χ3v) is 16.6. The van der Waals surface area contributed by atoms with Gasteiger partial charge in [0.2, 0.25) is 5.91 Å². The van der Waals surface area contributed by atoms with Crippen molar-refractivity contribution in [3.63, 3.8) is 0 Å². The molecule has 3 saturated heterocycles. The molecule has 0 aromatic carbocycles. The molecular formula is C66H119NO18. The van der Waals surface area contributed by atoms with E-state index < -0.39 is 124 Å². The molecule has 0 radical (unpaired) electrons. The highest BCUT2D eigenvalue weighted by Gasteiger charge is 2.53. The fraction of sp³-hybridized carbons (Fsp3) is 0.864. The van der Waals surface area contributed by atoms with Crippen molar-refractivity contribution in [3.8, 4) is 0 Å². The van der Waals surface area contributed by atoms with Crippen molar-refractivity contribution in [2.24, 2.45) is 0 Å². The maximum atomic E-state index is 13.3. The van der Waals surface area contributed by atoms with Gasteiger partial charge in [0.1, 0.15) is 73.2 Å². The number of hydrogen-bond donors (Lipinski definition) is 12. The van der Waals surface area contributed by atoms with E-state index in [4.69, 9.17) is 28.4 Å². The summed E-state index contributed by atoms with van der Waals surface area (Å²) >= 11 is 0. The predicted molar refractivity (Wildman–Crippen MR) is 328 cm³/mol. The Bertz CT molecular complexity index is 1740. The highest BCUT2D eigenvalue weighted by atomic mass is 16.8. The first-order valence-corrected chi connectivity index (χ1v) is 33.4. The molecule has 0 aromatic rings. The second kappa shape index (κ2) is 48.6. The molecule has 3 heterocycles. The molecule has 12 N–H and O–H groups in total. The van der Waals surface area contributed by atoms with Crippen molar-refractivity contribution in [2.45, 2.75) is 336 Å². The highest BCUT2D eigenvalue weighted by molar-refractivity contribution is 5.76. The second-order valence-electron chi connectivity index (χ2n) is 23.9. The van der Waals surface area contributed by atoms with Gasteiger partial charge in [0, 0.05) is 6.42 Å². The summed E-state index contributed by atoms with van der Waals surface area (Å²) in [6.45, 7) is 1.67. The number of aliphatic hydroxyl groups is 11. The predicted octanol–water partition coefficient (Wildman–Crippen LogP) is 7.83. The number of rotatable bonds is 50. The average Bonchev–Trinajstić information content (AvgIpc) is 2.29. The molecule has 496 valence electrons. The van der Waals surface area contributed by atoms with E-state index in [-0.39, 0.29) is 18.9 Å². The van der Waals surface area contributed by atoms with Gasteiger partial charge in [-0.3, -0.25) is 4.79 Å². The Labute approximate surface area is 510 Å². The van der Waals surface area contributed by atoms with Crippen LogP contribution in [-0.4, -0.2) is 193 Å². The van der Waals surface area contributed by atoms with Gasteiger partial charge in [-0.2, -0.15) is 0 Å². The first-order valence-electron chi connectivity index (χ1n) is 33.4. The molecule has 0 aliphatic carbocycles. The maximum Gasteiger partial charge on any atom is 0.220 e. The molecule has 19 nitrogen and oxygen atoms in total. The molecule has 0 saturated carbocycles. The Morgan fingerprint density at radius 2 is 0.776 bits per heavy atom. The Morgan fingerprint density at radius 1 is 0.424 bits per heavy atom. The summed E-state index contributed by atoms with van der Waals surface area (Å²) in [5, 5.41) is 120. The normalized spacial score (nSPS) is 29.3. The standard InChI is InChI=1S/C66H119NO18/c1-3-5-7-9-11-13-14-15-16-17-18-19-20-21-22-23-24-25-26-27-28-29-30-31-32-33-34-36-38-40-42-44-54(72)67-49(50(71)43-41-39-37-35-12-10-8-6-4-2)48-80-64-60(78)57(75)62(52(46-69)82-64)85-66-61(79)58(76)63(53(47-70)83-66)84-65-59(77)56(74)55(73)51(45-68)81-65/h14-15,17-18,20-21,41,43,49-53,55-66,68-71,73-79H,3-13,16,19,22-40,42,44-48H2,1-2H3,(H,67,72)/b15-14-,18-17-,21-20-,43-41+. The van der Waals surface area contributed by atoms with Crippen LogP contribution in [0.15, 0.2) is 48.6 Å². The van der Waals surface area contributed by atoms with Crippen molar-refractivity contribution in [3.05, 3.63) is 48.6 Å². The van der Waals surface area contributed by atoms with Crippen LogP contribution in [0.4, 0.5) is 0 Å². The third-order valence-electron chi connectivity index (χ3n) is 16.6. The SMILES string of the molecule is CCCCCCC/C=C\C/C=C\C/C=C\CCCCCCCCCCCCCCCCCCC(=O)NC(COC1OC(CO)C(OC2OC(CO)C(OC3OC(CO)C(O)C(O)C3O)C(O)C2O)C(O)C1O)C(O)/C=C/CCCCCCCCC. The van der Waals surface area contributed by atoms with Crippen LogP contribution in [0, 0.1) is 0 Å². The number of allylic oxidation sites excluding steroid dienone is 7. The summed E-state index contributed by atoms with van der Waals surface area (Å²) in [5.74, 6) is -0.278. The van der Waals surface area contributed by atoms with Gasteiger partial charge in [-0.15, -0.1) is 0 Å². The summed E-state index contributed by atoms with van der Waals surface area (Å²) in [4.78, 5) is 13.3. The molecule has 3 fully saturated rings. The maximum absolute atomic E-state index is 13.3. The highest BCUT2D eigenvalue weighted by Crippen LogP contribution is 2.33. The quantitative estimate of drug-likeness (QED) is 0.0204. The molecule has 3 aliphatic rings. The number of ether oxygens (including phenoxy) is 6. The molecular weight excluding hydrogens is 1090 g/mol. The van der Waals surface area contributed by atoms with E-state index in [0.29, 0.717) is 6.42 Å². The van der Waals surface area contributed by atoms with E-state index in [1.165, 1.54) is 148 Å². The van der Waals surface area contributed by atoms with E-state index >= 15 is 0 Å². The number of carbonyl (C=O) groups excluding carboxylic acids is 1. The van der Waals surface area contributed by atoms with Gasteiger partial charge >= 0.3 is 0 Å². The minimum Gasteiger partial charge on any atom is -0.394 e. The van der Waals surface area contributed by atoms with Gasteiger partial charge in [0.05, 0.1) is 38.6 Å². The summed E-state index contributed by atoms with van der Waals surface area (Å²) in [5.41, 5.74) is 0. The number of unbranched alkanes of at least 4 members (excludes halogenated alkanes) is 28. The average molecular weight is 1210 g/mol. The zero-order valence-electron chi connectivity index (χ0n) is 52.1. The molecule has 0 spiro atoms. The summed E-state index contributed by atoms with van der Waals surface area (Å²) in [6.07, 6.45) is 29.9. The van der Waals surface area contributed by atoms with Crippen molar-refractivity contribution in [1.29, 1.82) is 0 Å². The fourth-order valence-corrected chi connectivity index (χ4v) is 11.1. The van der Waals surface area contributed by atoms with Crippen LogP contribution in [0.2, 0.25) is 0 Å². The van der Waals surface area contributed by atoms with Crippen LogP contribution in [0.5, 0.6) is 0 Å². The fourth-order valence-electron chi connectivity index (χ4n) is 11.1. The Balaban J connectivity index is 1.35. The molecule has 85 heavy (non-hydrogen) atoms. The molecule has 17 unspecified atom stereocenters. The van der Waals surface area contributed by atoms with Gasteiger partial charge in [-0.05, 0) is 57.8 Å². The molecule has 0 aromatic heterocycles. The Morgan fingerprint density at radius 3 is 1.21 bits per heavy atom.